The molecule has 0 bridgehead atoms. The van der Waals surface area contributed by atoms with Gasteiger partial charge in [0.2, 0.25) is 0 Å². The summed E-state index contributed by atoms with van der Waals surface area (Å²) in [7, 11) is 0. The van der Waals surface area contributed by atoms with Crippen LogP contribution in [0.1, 0.15) is 26.7 Å². The number of hydrogen-bond donors (Lipinski definition) is 1. The number of rotatable bonds is 3. The van der Waals surface area contributed by atoms with Crippen molar-refractivity contribution in [3.8, 4) is 0 Å². The SMILES string of the molecule is CCOC1CCCN(C2CNCC2C)C1. The highest BCUT2D eigenvalue weighted by Crippen LogP contribution is 2.21. The van der Waals surface area contributed by atoms with Gasteiger partial charge in [-0.3, -0.25) is 4.90 Å². The Labute approximate surface area is 93.2 Å². The molecule has 3 unspecified atom stereocenters. The maximum atomic E-state index is 5.75. The van der Waals surface area contributed by atoms with Gasteiger partial charge in [0.05, 0.1) is 6.10 Å². The Bertz CT molecular complexity index is 196. The Balaban J connectivity index is 1.86. The maximum Gasteiger partial charge on any atom is 0.0702 e. The summed E-state index contributed by atoms with van der Waals surface area (Å²) in [6.07, 6.45) is 3.03. The highest BCUT2D eigenvalue weighted by Gasteiger charge is 2.32. The zero-order valence-corrected chi connectivity index (χ0v) is 10.0. The molecule has 15 heavy (non-hydrogen) atoms. The van der Waals surface area contributed by atoms with E-state index in [0.29, 0.717) is 6.10 Å². The van der Waals surface area contributed by atoms with Gasteiger partial charge in [-0.25, -0.2) is 0 Å². The molecule has 2 aliphatic rings. The van der Waals surface area contributed by atoms with E-state index < -0.39 is 0 Å². The summed E-state index contributed by atoms with van der Waals surface area (Å²) in [6, 6.07) is 0.744. The molecule has 2 fully saturated rings. The van der Waals surface area contributed by atoms with E-state index in [0.717, 1.165) is 25.1 Å². The molecule has 88 valence electrons. The highest BCUT2D eigenvalue weighted by atomic mass is 16.5. The van der Waals surface area contributed by atoms with Crippen LogP contribution in [0.2, 0.25) is 0 Å². The Hall–Kier alpha value is -0.120. The summed E-state index contributed by atoms with van der Waals surface area (Å²) in [6.45, 7) is 10.1. The van der Waals surface area contributed by atoms with E-state index in [1.54, 1.807) is 0 Å². The Morgan fingerprint density at radius 2 is 2.27 bits per heavy atom. The van der Waals surface area contributed by atoms with Crippen LogP contribution in [0.4, 0.5) is 0 Å². The molecule has 1 N–H and O–H groups in total. The van der Waals surface area contributed by atoms with E-state index in [-0.39, 0.29) is 0 Å². The fraction of sp³-hybridized carbons (Fsp3) is 1.00. The zero-order valence-electron chi connectivity index (χ0n) is 10.0. The molecule has 2 rings (SSSR count). The Kier molecular flexibility index (Phi) is 4.00. The number of likely N-dealkylation sites (tertiary alicyclic amines) is 1. The first-order valence-corrected chi connectivity index (χ1v) is 6.37. The molecule has 3 nitrogen and oxygen atoms in total. The van der Waals surface area contributed by atoms with E-state index in [1.165, 1.54) is 32.5 Å². The van der Waals surface area contributed by atoms with Gasteiger partial charge >= 0.3 is 0 Å². The second kappa shape index (κ2) is 5.28. The molecule has 0 spiro atoms. The molecule has 0 aromatic heterocycles. The van der Waals surface area contributed by atoms with E-state index in [1.807, 2.05) is 0 Å². The number of nitrogens with one attached hydrogen (secondary N) is 1. The van der Waals surface area contributed by atoms with Crippen LogP contribution in [0.25, 0.3) is 0 Å². The first-order valence-electron chi connectivity index (χ1n) is 6.37. The van der Waals surface area contributed by atoms with Crippen LogP contribution in [0.15, 0.2) is 0 Å². The highest BCUT2D eigenvalue weighted by molar-refractivity contribution is 4.89. The maximum absolute atomic E-state index is 5.75. The fourth-order valence-electron chi connectivity index (χ4n) is 2.92. The van der Waals surface area contributed by atoms with E-state index in [2.05, 4.69) is 24.1 Å². The van der Waals surface area contributed by atoms with Crippen molar-refractivity contribution in [1.29, 1.82) is 0 Å². The van der Waals surface area contributed by atoms with Crippen molar-refractivity contribution in [2.45, 2.75) is 38.8 Å². The second-order valence-electron chi connectivity index (χ2n) is 4.92. The van der Waals surface area contributed by atoms with Gasteiger partial charge in [-0.15, -0.1) is 0 Å². The molecule has 0 radical (unpaired) electrons. The predicted octanol–water partition coefficient (Wildman–Crippen LogP) is 1.10. The first kappa shape index (κ1) is 11.4. The average Bonchev–Trinajstić information content (AvgIpc) is 2.65. The van der Waals surface area contributed by atoms with E-state index >= 15 is 0 Å². The van der Waals surface area contributed by atoms with Crippen molar-refractivity contribution in [3.05, 3.63) is 0 Å². The van der Waals surface area contributed by atoms with Crippen LogP contribution in [0.3, 0.4) is 0 Å². The van der Waals surface area contributed by atoms with Crippen molar-refractivity contribution in [2.24, 2.45) is 5.92 Å². The molecule has 3 atom stereocenters. The minimum Gasteiger partial charge on any atom is -0.377 e. The van der Waals surface area contributed by atoms with Gasteiger partial charge in [0.25, 0.3) is 0 Å². The van der Waals surface area contributed by atoms with Crippen molar-refractivity contribution in [2.75, 3.05) is 32.8 Å². The van der Waals surface area contributed by atoms with Gasteiger partial charge in [-0.1, -0.05) is 6.92 Å². The van der Waals surface area contributed by atoms with Crippen molar-refractivity contribution in [1.82, 2.24) is 10.2 Å². The van der Waals surface area contributed by atoms with Gasteiger partial charge in [0.1, 0.15) is 0 Å². The summed E-state index contributed by atoms with van der Waals surface area (Å²) < 4.78 is 5.75. The summed E-state index contributed by atoms with van der Waals surface area (Å²) >= 11 is 0. The number of nitrogens with zero attached hydrogens (tertiary/aromatic N) is 1. The van der Waals surface area contributed by atoms with Crippen LogP contribution in [-0.2, 0) is 4.74 Å². The second-order valence-corrected chi connectivity index (χ2v) is 4.92. The topological polar surface area (TPSA) is 24.5 Å². The monoisotopic (exact) mass is 212 g/mol. The van der Waals surface area contributed by atoms with Gasteiger partial charge in [0.15, 0.2) is 0 Å². The molecular formula is C12H24N2O. The van der Waals surface area contributed by atoms with Gasteiger partial charge < -0.3 is 10.1 Å². The Morgan fingerprint density at radius 3 is 2.93 bits per heavy atom. The number of ether oxygens (including phenoxy) is 1. The smallest absolute Gasteiger partial charge is 0.0702 e. The molecule has 0 aromatic carbocycles. The normalized spacial score (nSPS) is 38.4. The molecule has 0 saturated carbocycles. The standard InChI is InChI=1S/C12H24N2O/c1-3-15-11-5-4-6-14(9-11)12-8-13-7-10(12)2/h10-13H,3-9H2,1-2H3. The number of piperidine rings is 1. The van der Waals surface area contributed by atoms with Crippen LogP contribution in [-0.4, -0.2) is 49.8 Å². The molecule has 0 aromatic rings. The summed E-state index contributed by atoms with van der Waals surface area (Å²) in [4.78, 5) is 2.63. The molecular weight excluding hydrogens is 188 g/mol. The lowest BCUT2D eigenvalue weighted by Crippen LogP contribution is -2.48. The van der Waals surface area contributed by atoms with Crippen LogP contribution >= 0.6 is 0 Å². The third-order valence-electron chi connectivity index (χ3n) is 3.76. The third kappa shape index (κ3) is 2.71. The molecule has 0 amide bonds. The molecule has 3 heteroatoms. The summed E-state index contributed by atoms with van der Waals surface area (Å²) in [5, 5.41) is 3.48. The van der Waals surface area contributed by atoms with E-state index in [9.17, 15) is 0 Å². The molecule has 2 aliphatic heterocycles. The van der Waals surface area contributed by atoms with Crippen LogP contribution < -0.4 is 5.32 Å². The van der Waals surface area contributed by atoms with Crippen LogP contribution in [0, 0.1) is 5.92 Å². The molecule has 2 saturated heterocycles. The van der Waals surface area contributed by atoms with Crippen molar-refractivity contribution >= 4 is 0 Å². The largest absolute Gasteiger partial charge is 0.377 e. The minimum atomic E-state index is 0.483. The Morgan fingerprint density at radius 1 is 1.40 bits per heavy atom. The third-order valence-corrected chi connectivity index (χ3v) is 3.76. The van der Waals surface area contributed by atoms with Gasteiger partial charge in [-0.05, 0) is 38.8 Å². The fourth-order valence-corrected chi connectivity index (χ4v) is 2.92. The lowest BCUT2D eigenvalue weighted by Gasteiger charge is -2.37. The lowest BCUT2D eigenvalue weighted by molar-refractivity contribution is -0.00943. The molecule has 2 heterocycles. The van der Waals surface area contributed by atoms with Crippen LogP contribution in [0.5, 0.6) is 0 Å². The predicted molar refractivity (Wildman–Crippen MR) is 62.0 cm³/mol. The van der Waals surface area contributed by atoms with E-state index in [4.69, 9.17) is 4.74 Å². The van der Waals surface area contributed by atoms with Gasteiger partial charge in [0, 0.05) is 25.7 Å². The average molecular weight is 212 g/mol. The zero-order chi connectivity index (χ0) is 10.7. The van der Waals surface area contributed by atoms with Crippen molar-refractivity contribution < 1.29 is 4.74 Å². The minimum absolute atomic E-state index is 0.483. The van der Waals surface area contributed by atoms with Crippen molar-refractivity contribution in [3.63, 3.8) is 0 Å². The molecule has 0 aliphatic carbocycles. The first-order chi connectivity index (χ1) is 7.31. The summed E-state index contributed by atoms with van der Waals surface area (Å²) in [5.74, 6) is 0.797. The lowest BCUT2D eigenvalue weighted by atomic mass is 10.00. The number of hydrogen-bond acceptors (Lipinski definition) is 3. The summed E-state index contributed by atoms with van der Waals surface area (Å²) in [5.41, 5.74) is 0. The van der Waals surface area contributed by atoms with Gasteiger partial charge in [-0.2, -0.15) is 0 Å². The quantitative estimate of drug-likeness (QED) is 0.758.